The highest BCUT2D eigenvalue weighted by atomic mass is 16.1. The minimum atomic E-state index is 0.136. The van der Waals surface area contributed by atoms with Gasteiger partial charge in [0.2, 0.25) is 5.91 Å². The van der Waals surface area contributed by atoms with Crippen LogP contribution in [-0.2, 0) is 11.3 Å². The minimum absolute atomic E-state index is 0.136. The molecule has 2 N–H and O–H groups in total. The van der Waals surface area contributed by atoms with Crippen molar-refractivity contribution in [3.05, 3.63) is 29.6 Å². The Bertz CT molecular complexity index is 550. The van der Waals surface area contributed by atoms with Gasteiger partial charge in [0.25, 0.3) is 0 Å². The summed E-state index contributed by atoms with van der Waals surface area (Å²) in [6, 6.07) is 4.02. The molecule has 6 heteroatoms. The molecule has 2 heterocycles. The molecule has 1 amide bonds. The van der Waals surface area contributed by atoms with Crippen LogP contribution in [0.2, 0.25) is 0 Å². The van der Waals surface area contributed by atoms with Gasteiger partial charge in [-0.2, -0.15) is 0 Å². The highest BCUT2D eigenvalue weighted by Crippen LogP contribution is 2.20. The first-order valence-electron chi connectivity index (χ1n) is 8.20. The maximum Gasteiger partial charge on any atom is 0.220 e. The smallest absolute Gasteiger partial charge is 0.220 e. The Hall–Kier alpha value is -2.11. The van der Waals surface area contributed by atoms with E-state index in [1.165, 1.54) is 5.56 Å². The van der Waals surface area contributed by atoms with Gasteiger partial charge in [0.1, 0.15) is 0 Å². The summed E-state index contributed by atoms with van der Waals surface area (Å²) < 4.78 is 0. The van der Waals surface area contributed by atoms with Crippen LogP contribution in [0.1, 0.15) is 30.5 Å². The van der Waals surface area contributed by atoms with Crippen molar-refractivity contribution in [3.8, 4) is 0 Å². The number of likely N-dealkylation sites (tertiary alicyclic amines) is 1. The molecule has 1 aliphatic heterocycles. The third-order valence-corrected chi connectivity index (χ3v) is 4.41. The van der Waals surface area contributed by atoms with Gasteiger partial charge < -0.3 is 15.5 Å². The zero-order valence-electron chi connectivity index (χ0n) is 14.3. The highest BCUT2D eigenvalue weighted by Gasteiger charge is 2.23. The number of carbonyl (C=O) groups excluding carboxylic acids is 1. The van der Waals surface area contributed by atoms with Crippen LogP contribution in [0.4, 0.5) is 0 Å². The number of aromatic nitrogens is 1. The maximum atomic E-state index is 11.5. The standard InChI is InChI=1S/C17H27N5O/c1-13-5-4-8-20-15(13)12-21-17(19-3)22-9-6-14(7-10-22)11-16(23)18-2/h4-5,8,14H,6-7,9-12H2,1-3H3,(H,18,23)(H,19,21). The average molecular weight is 317 g/mol. The maximum absolute atomic E-state index is 11.5. The number of hydrogen-bond donors (Lipinski definition) is 2. The molecule has 1 fully saturated rings. The molecule has 23 heavy (non-hydrogen) atoms. The van der Waals surface area contributed by atoms with Gasteiger partial charge in [-0.15, -0.1) is 0 Å². The number of amides is 1. The van der Waals surface area contributed by atoms with E-state index < -0.39 is 0 Å². The summed E-state index contributed by atoms with van der Waals surface area (Å²) in [5, 5.41) is 6.10. The molecule has 0 saturated carbocycles. The van der Waals surface area contributed by atoms with Crippen molar-refractivity contribution in [2.75, 3.05) is 27.2 Å². The number of hydrogen-bond acceptors (Lipinski definition) is 3. The minimum Gasteiger partial charge on any atom is -0.359 e. The van der Waals surface area contributed by atoms with Crippen molar-refractivity contribution in [2.24, 2.45) is 10.9 Å². The Balaban J connectivity index is 1.83. The fourth-order valence-electron chi connectivity index (χ4n) is 2.91. The fourth-order valence-corrected chi connectivity index (χ4v) is 2.91. The summed E-state index contributed by atoms with van der Waals surface area (Å²) in [6.07, 6.45) is 4.49. The number of aryl methyl sites for hydroxylation is 1. The second-order valence-electron chi connectivity index (χ2n) is 5.98. The molecule has 0 aliphatic carbocycles. The van der Waals surface area contributed by atoms with Crippen LogP contribution >= 0.6 is 0 Å². The Labute approximate surface area is 138 Å². The Morgan fingerprint density at radius 3 is 2.78 bits per heavy atom. The Morgan fingerprint density at radius 2 is 2.17 bits per heavy atom. The molecule has 6 nitrogen and oxygen atoms in total. The van der Waals surface area contributed by atoms with E-state index in [4.69, 9.17) is 0 Å². The third kappa shape index (κ3) is 4.94. The van der Waals surface area contributed by atoms with Crippen LogP contribution in [0.5, 0.6) is 0 Å². The first kappa shape index (κ1) is 17.2. The quantitative estimate of drug-likeness (QED) is 0.649. The summed E-state index contributed by atoms with van der Waals surface area (Å²) in [4.78, 5) is 22.5. The van der Waals surface area contributed by atoms with Crippen LogP contribution in [0.15, 0.2) is 23.3 Å². The molecule has 1 saturated heterocycles. The number of nitrogens with one attached hydrogen (secondary N) is 2. The molecule has 2 rings (SSSR count). The summed E-state index contributed by atoms with van der Waals surface area (Å²) in [5.74, 6) is 1.52. The highest BCUT2D eigenvalue weighted by molar-refractivity contribution is 5.80. The van der Waals surface area contributed by atoms with E-state index >= 15 is 0 Å². The van der Waals surface area contributed by atoms with Gasteiger partial charge in [-0.1, -0.05) is 6.07 Å². The summed E-state index contributed by atoms with van der Waals surface area (Å²) in [5.41, 5.74) is 2.22. The van der Waals surface area contributed by atoms with Gasteiger partial charge in [-0.3, -0.25) is 14.8 Å². The molecule has 1 aromatic heterocycles. The monoisotopic (exact) mass is 317 g/mol. The molecule has 0 aromatic carbocycles. The lowest BCUT2D eigenvalue weighted by Crippen LogP contribution is -2.45. The van der Waals surface area contributed by atoms with Crippen LogP contribution in [0, 0.1) is 12.8 Å². The van der Waals surface area contributed by atoms with Crippen LogP contribution in [0.3, 0.4) is 0 Å². The second kappa shape index (κ2) is 8.50. The molecule has 1 aromatic rings. The summed E-state index contributed by atoms with van der Waals surface area (Å²) in [7, 11) is 3.51. The van der Waals surface area contributed by atoms with Gasteiger partial charge in [-0.05, 0) is 37.3 Å². The molecule has 1 aliphatic rings. The summed E-state index contributed by atoms with van der Waals surface area (Å²) >= 11 is 0. The zero-order chi connectivity index (χ0) is 16.7. The van der Waals surface area contributed by atoms with Crippen molar-refractivity contribution < 1.29 is 4.79 Å². The van der Waals surface area contributed by atoms with Crippen LogP contribution in [0.25, 0.3) is 0 Å². The average Bonchev–Trinajstić information content (AvgIpc) is 2.58. The Morgan fingerprint density at radius 1 is 1.43 bits per heavy atom. The van der Waals surface area contributed by atoms with E-state index in [1.807, 2.05) is 19.3 Å². The lowest BCUT2D eigenvalue weighted by Gasteiger charge is -2.34. The number of carbonyl (C=O) groups is 1. The largest absolute Gasteiger partial charge is 0.359 e. The first-order valence-corrected chi connectivity index (χ1v) is 8.20. The van der Waals surface area contributed by atoms with E-state index in [1.54, 1.807) is 7.05 Å². The predicted octanol–water partition coefficient (Wildman–Crippen LogP) is 1.31. The molecule has 0 atom stereocenters. The van der Waals surface area contributed by atoms with E-state index in [9.17, 15) is 4.79 Å². The number of pyridine rings is 1. The van der Waals surface area contributed by atoms with Crippen molar-refractivity contribution in [2.45, 2.75) is 32.7 Å². The van der Waals surface area contributed by atoms with Gasteiger partial charge in [0.15, 0.2) is 5.96 Å². The molecule has 0 radical (unpaired) electrons. The molecule has 126 valence electrons. The zero-order valence-corrected chi connectivity index (χ0v) is 14.3. The van der Waals surface area contributed by atoms with Crippen molar-refractivity contribution in [1.29, 1.82) is 0 Å². The van der Waals surface area contributed by atoms with Gasteiger partial charge >= 0.3 is 0 Å². The van der Waals surface area contributed by atoms with Gasteiger partial charge in [0, 0.05) is 39.8 Å². The van der Waals surface area contributed by atoms with Crippen LogP contribution < -0.4 is 10.6 Å². The predicted molar refractivity (Wildman–Crippen MR) is 92.2 cm³/mol. The van der Waals surface area contributed by atoms with Gasteiger partial charge in [0.05, 0.1) is 12.2 Å². The molecular formula is C17H27N5O. The van der Waals surface area contributed by atoms with Crippen LogP contribution in [-0.4, -0.2) is 48.9 Å². The summed E-state index contributed by atoms with van der Waals surface area (Å²) in [6.45, 7) is 4.61. The second-order valence-corrected chi connectivity index (χ2v) is 5.98. The molecule has 0 spiro atoms. The van der Waals surface area contributed by atoms with Crippen molar-refractivity contribution >= 4 is 11.9 Å². The molecule has 0 bridgehead atoms. The topological polar surface area (TPSA) is 69.6 Å². The van der Waals surface area contributed by atoms with E-state index in [0.29, 0.717) is 18.9 Å². The number of piperidine rings is 1. The van der Waals surface area contributed by atoms with Gasteiger partial charge in [-0.25, -0.2) is 0 Å². The van der Waals surface area contributed by atoms with E-state index in [-0.39, 0.29) is 5.91 Å². The molecular weight excluding hydrogens is 290 g/mol. The van der Waals surface area contributed by atoms with Crippen molar-refractivity contribution in [1.82, 2.24) is 20.5 Å². The fraction of sp³-hybridized carbons (Fsp3) is 0.588. The number of rotatable bonds is 4. The van der Waals surface area contributed by atoms with E-state index in [0.717, 1.165) is 37.6 Å². The lowest BCUT2D eigenvalue weighted by atomic mass is 9.93. The SMILES string of the molecule is CN=C(NCc1ncccc1C)N1CCC(CC(=O)NC)CC1. The number of guanidine groups is 1. The van der Waals surface area contributed by atoms with Crippen molar-refractivity contribution in [3.63, 3.8) is 0 Å². The van der Waals surface area contributed by atoms with E-state index in [2.05, 4.69) is 38.5 Å². The molecule has 0 unspecified atom stereocenters. The number of aliphatic imine (C=N–C) groups is 1. The lowest BCUT2D eigenvalue weighted by molar-refractivity contribution is -0.121. The normalized spacial score (nSPS) is 16.3. The number of nitrogens with zero attached hydrogens (tertiary/aromatic N) is 3. The Kier molecular flexibility index (Phi) is 6.38. The third-order valence-electron chi connectivity index (χ3n) is 4.41. The first-order chi connectivity index (χ1) is 11.1.